The molecule has 1 aliphatic carbocycles. The second kappa shape index (κ2) is 2.98. The van der Waals surface area contributed by atoms with Crippen LogP contribution in [0.4, 0.5) is 0 Å². The van der Waals surface area contributed by atoms with Crippen molar-refractivity contribution in [1.82, 2.24) is 0 Å². The van der Waals surface area contributed by atoms with Gasteiger partial charge >= 0.3 is 0 Å². The minimum atomic E-state index is 0.805. The molecular weight excluding hydrogens is 136 g/mol. The molecule has 0 bridgehead atoms. The van der Waals surface area contributed by atoms with Crippen LogP contribution in [0.5, 0.6) is 0 Å². The molecule has 2 rings (SSSR count). The molecule has 1 heteroatoms. The molecule has 0 spiro atoms. The molecule has 0 aromatic rings. The summed E-state index contributed by atoms with van der Waals surface area (Å²) in [5.74, 6) is 0.805. The Labute approximate surface area is 68.4 Å². The Hall–Kier alpha value is -0.300. The van der Waals surface area contributed by atoms with E-state index in [1.807, 2.05) is 0 Å². The minimum absolute atomic E-state index is 0.805. The van der Waals surface area contributed by atoms with E-state index in [0.29, 0.717) is 0 Å². The van der Waals surface area contributed by atoms with Crippen LogP contribution in [0.1, 0.15) is 32.6 Å². The molecular formula is C10H16O. The lowest BCUT2D eigenvalue weighted by molar-refractivity contribution is 0.133. The van der Waals surface area contributed by atoms with E-state index in [9.17, 15) is 0 Å². The topological polar surface area (TPSA) is 9.23 Å². The molecule has 11 heavy (non-hydrogen) atoms. The Morgan fingerprint density at radius 2 is 2.27 bits per heavy atom. The summed E-state index contributed by atoms with van der Waals surface area (Å²) in [6.45, 7) is 4.23. The highest BCUT2D eigenvalue weighted by molar-refractivity contribution is 5.21. The van der Waals surface area contributed by atoms with E-state index in [0.717, 1.165) is 19.1 Å². The maximum Gasteiger partial charge on any atom is 0.0682 e. The van der Waals surface area contributed by atoms with Gasteiger partial charge in [-0.15, -0.1) is 0 Å². The van der Waals surface area contributed by atoms with E-state index in [2.05, 4.69) is 6.92 Å². The van der Waals surface area contributed by atoms with Crippen LogP contribution in [0, 0.1) is 5.92 Å². The van der Waals surface area contributed by atoms with Gasteiger partial charge in [0.15, 0.2) is 0 Å². The van der Waals surface area contributed by atoms with Gasteiger partial charge in [-0.25, -0.2) is 0 Å². The van der Waals surface area contributed by atoms with E-state index in [-0.39, 0.29) is 0 Å². The van der Waals surface area contributed by atoms with Crippen LogP contribution in [-0.2, 0) is 4.74 Å². The summed E-state index contributed by atoms with van der Waals surface area (Å²) in [6.07, 6.45) is 5.34. The van der Waals surface area contributed by atoms with Crippen molar-refractivity contribution >= 4 is 0 Å². The monoisotopic (exact) mass is 152 g/mol. The lowest BCUT2D eigenvalue weighted by Crippen LogP contribution is -2.19. The van der Waals surface area contributed by atoms with E-state index in [4.69, 9.17) is 4.74 Å². The summed E-state index contributed by atoms with van der Waals surface area (Å²) < 4.78 is 5.45. The number of rotatable bonds is 0. The van der Waals surface area contributed by atoms with Gasteiger partial charge in [-0.05, 0) is 37.2 Å². The van der Waals surface area contributed by atoms with Crippen LogP contribution < -0.4 is 0 Å². The van der Waals surface area contributed by atoms with Crippen molar-refractivity contribution in [2.24, 2.45) is 5.92 Å². The van der Waals surface area contributed by atoms with Crippen LogP contribution in [0.3, 0.4) is 0 Å². The molecule has 1 atom stereocenters. The zero-order chi connectivity index (χ0) is 7.68. The normalized spacial score (nSPS) is 31.9. The van der Waals surface area contributed by atoms with Crippen molar-refractivity contribution in [3.05, 3.63) is 11.1 Å². The second-order valence-electron chi connectivity index (χ2n) is 3.72. The van der Waals surface area contributed by atoms with Crippen LogP contribution in [-0.4, -0.2) is 13.2 Å². The molecule has 1 unspecified atom stereocenters. The maximum atomic E-state index is 5.45. The Morgan fingerprint density at radius 3 is 3.09 bits per heavy atom. The predicted octanol–water partition coefficient (Wildman–Crippen LogP) is 2.52. The Balaban J connectivity index is 2.21. The lowest BCUT2D eigenvalue weighted by Gasteiger charge is -2.29. The first-order chi connectivity index (χ1) is 5.38. The van der Waals surface area contributed by atoms with E-state index in [1.54, 1.807) is 11.1 Å². The average molecular weight is 152 g/mol. The number of hydrogen-bond donors (Lipinski definition) is 0. The van der Waals surface area contributed by atoms with Crippen molar-refractivity contribution in [3.63, 3.8) is 0 Å². The zero-order valence-corrected chi connectivity index (χ0v) is 7.23. The molecule has 1 aliphatic heterocycles. The molecule has 0 radical (unpaired) electrons. The summed E-state index contributed by atoms with van der Waals surface area (Å²) in [5.41, 5.74) is 3.34. The fourth-order valence-corrected chi connectivity index (χ4v) is 2.21. The first kappa shape index (κ1) is 7.35. The number of hydrogen-bond acceptors (Lipinski definition) is 1. The first-order valence-corrected chi connectivity index (χ1v) is 4.66. The Bertz CT molecular complexity index is 177. The summed E-state index contributed by atoms with van der Waals surface area (Å²) in [6, 6.07) is 0. The third-order valence-electron chi connectivity index (χ3n) is 2.97. The molecule has 0 aromatic heterocycles. The van der Waals surface area contributed by atoms with Crippen molar-refractivity contribution in [1.29, 1.82) is 0 Å². The average Bonchev–Trinajstić information content (AvgIpc) is 2.06. The summed E-state index contributed by atoms with van der Waals surface area (Å²) in [4.78, 5) is 0. The fourth-order valence-electron chi connectivity index (χ4n) is 2.21. The molecule has 0 saturated carbocycles. The highest BCUT2D eigenvalue weighted by atomic mass is 16.5. The van der Waals surface area contributed by atoms with Gasteiger partial charge in [-0.3, -0.25) is 0 Å². The molecule has 1 nitrogen and oxygen atoms in total. The fraction of sp³-hybridized carbons (Fsp3) is 0.800. The molecule has 2 aliphatic rings. The lowest BCUT2D eigenvalue weighted by atomic mass is 9.82. The van der Waals surface area contributed by atoms with Crippen molar-refractivity contribution in [2.45, 2.75) is 32.6 Å². The Kier molecular flexibility index (Phi) is 1.99. The quantitative estimate of drug-likeness (QED) is 0.485. The third kappa shape index (κ3) is 1.34. The minimum Gasteiger partial charge on any atom is -0.377 e. The van der Waals surface area contributed by atoms with Gasteiger partial charge < -0.3 is 4.74 Å². The van der Waals surface area contributed by atoms with Gasteiger partial charge in [0.05, 0.1) is 13.2 Å². The molecule has 0 saturated heterocycles. The standard InChI is InChI=1S/C10H16O/c1-8-3-2-4-9-5-6-11-7-10(8)9/h8H,2-7H2,1H3. The van der Waals surface area contributed by atoms with Gasteiger partial charge in [0.2, 0.25) is 0 Å². The number of ether oxygens (including phenoxy) is 1. The van der Waals surface area contributed by atoms with Crippen LogP contribution in [0.15, 0.2) is 11.1 Å². The second-order valence-corrected chi connectivity index (χ2v) is 3.72. The highest BCUT2D eigenvalue weighted by Crippen LogP contribution is 2.33. The maximum absolute atomic E-state index is 5.45. The van der Waals surface area contributed by atoms with Gasteiger partial charge in [-0.1, -0.05) is 12.5 Å². The van der Waals surface area contributed by atoms with Crippen molar-refractivity contribution in [3.8, 4) is 0 Å². The molecule has 0 fully saturated rings. The summed E-state index contributed by atoms with van der Waals surface area (Å²) >= 11 is 0. The van der Waals surface area contributed by atoms with Gasteiger partial charge in [-0.2, -0.15) is 0 Å². The van der Waals surface area contributed by atoms with Gasteiger partial charge in [0.1, 0.15) is 0 Å². The van der Waals surface area contributed by atoms with E-state index < -0.39 is 0 Å². The summed E-state index contributed by atoms with van der Waals surface area (Å²) in [5, 5.41) is 0. The van der Waals surface area contributed by atoms with Gasteiger partial charge in [0, 0.05) is 0 Å². The largest absolute Gasteiger partial charge is 0.377 e. The molecule has 0 amide bonds. The molecule has 0 aromatic carbocycles. The van der Waals surface area contributed by atoms with Crippen molar-refractivity contribution < 1.29 is 4.74 Å². The van der Waals surface area contributed by atoms with Gasteiger partial charge in [0.25, 0.3) is 0 Å². The van der Waals surface area contributed by atoms with Crippen molar-refractivity contribution in [2.75, 3.05) is 13.2 Å². The van der Waals surface area contributed by atoms with Crippen LogP contribution in [0.2, 0.25) is 0 Å². The van der Waals surface area contributed by atoms with E-state index >= 15 is 0 Å². The van der Waals surface area contributed by atoms with E-state index in [1.165, 1.54) is 25.7 Å². The van der Waals surface area contributed by atoms with Crippen LogP contribution in [0.25, 0.3) is 0 Å². The zero-order valence-electron chi connectivity index (χ0n) is 7.23. The SMILES string of the molecule is CC1CCCC2=C1COCC2. The highest BCUT2D eigenvalue weighted by Gasteiger charge is 2.21. The molecule has 62 valence electrons. The van der Waals surface area contributed by atoms with Crippen LogP contribution >= 0.6 is 0 Å². The Morgan fingerprint density at radius 1 is 1.36 bits per heavy atom. The predicted molar refractivity (Wildman–Crippen MR) is 45.5 cm³/mol. The smallest absolute Gasteiger partial charge is 0.0682 e. The molecule has 0 N–H and O–H groups in total. The molecule has 1 heterocycles. The first-order valence-electron chi connectivity index (χ1n) is 4.66. The summed E-state index contributed by atoms with van der Waals surface area (Å²) in [7, 11) is 0. The third-order valence-corrected chi connectivity index (χ3v) is 2.97.